The van der Waals surface area contributed by atoms with Gasteiger partial charge < -0.3 is 10.2 Å². The van der Waals surface area contributed by atoms with Gasteiger partial charge in [-0.05, 0) is 85.1 Å². The maximum atomic E-state index is 13.0. The molecule has 2 aliphatic heterocycles. The summed E-state index contributed by atoms with van der Waals surface area (Å²) >= 11 is 0. The monoisotopic (exact) mass is 372 g/mol. The van der Waals surface area contributed by atoms with Gasteiger partial charge >= 0.3 is 0 Å². The van der Waals surface area contributed by atoms with Crippen molar-refractivity contribution in [2.75, 3.05) is 18.4 Å². The predicted octanol–water partition coefficient (Wildman–Crippen LogP) is 5.22. The number of hydrogen-bond donors (Lipinski definition) is 1. The van der Waals surface area contributed by atoms with E-state index in [-0.39, 0.29) is 5.91 Å². The van der Waals surface area contributed by atoms with E-state index in [0.717, 1.165) is 43.3 Å². The van der Waals surface area contributed by atoms with Crippen LogP contribution < -0.4 is 5.32 Å². The average Bonchev–Trinajstić information content (AvgIpc) is 3.51. The van der Waals surface area contributed by atoms with Crippen LogP contribution in [0.15, 0.2) is 48.5 Å². The number of likely N-dealkylation sites (tertiary alicyclic amines) is 1. The van der Waals surface area contributed by atoms with E-state index in [2.05, 4.69) is 47.8 Å². The van der Waals surface area contributed by atoms with Crippen molar-refractivity contribution in [3.05, 3.63) is 65.2 Å². The summed E-state index contributed by atoms with van der Waals surface area (Å²) in [4.78, 5) is 15.0. The number of benzene rings is 2. The van der Waals surface area contributed by atoms with Crippen LogP contribution >= 0.6 is 0 Å². The Morgan fingerprint density at radius 3 is 2.57 bits per heavy atom. The highest BCUT2D eigenvalue weighted by Crippen LogP contribution is 2.63. The smallest absolute Gasteiger partial charge is 0.253 e. The van der Waals surface area contributed by atoms with Crippen LogP contribution in [-0.4, -0.2) is 23.9 Å². The van der Waals surface area contributed by atoms with Gasteiger partial charge in [-0.3, -0.25) is 4.79 Å². The van der Waals surface area contributed by atoms with Crippen molar-refractivity contribution in [2.45, 2.75) is 44.1 Å². The lowest BCUT2D eigenvalue weighted by atomic mass is 9.68. The first-order valence-corrected chi connectivity index (χ1v) is 11.0. The molecule has 2 aromatic carbocycles. The number of fused-ring (bicyclic) bond motifs is 7. The maximum Gasteiger partial charge on any atom is 0.253 e. The molecule has 5 atom stereocenters. The first-order chi connectivity index (χ1) is 13.8. The van der Waals surface area contributed by atoms with E-state index in [1.807, 2.05) is 11.0 Å². The molecule has 3 fully saturated rings. The van der Waals surface area contributed by atoms with Crippen LogP contribution in [0.2, 0.25) is 0 Å². The fourth-order valence-corrected chi connectivity index (χ4v) is 6.71. The highest BCUT2D eigenvalue weighted by Gasteiger charge is 2.53. The first-order valence-electron chi connectivity index (χ1n) is 11.0. The van der Waals surface area contributed by atoms with E-state index in [1.54, 1.807) is 0 Å². The lowest BCUT2D eigenvalue weighted by Crippen LogP contribution is -2.36. The molecular formula is C25H28N2O. The van der Waals surface area contributed by atoms with Crippen molar-refractivity contribution in [3.63, 3.8) is 0 Å². The van der Waals surface area contributed by atoms with E-state index in [9.17, 15) is 4.79 Å². The zero-order valence-electron chi connectivity index (χ0n) is 16.3. The van der Waals surface area contributed by atoms with Gasteiger partial charge in [-0.15, -0.1) is 0 Å². The number of hydrogen-bond acceptors (Lipinski definition) is 2. The molecule has 1 amide bonds. The lowest BCUT2D eigenvalue weighted by molar-refractivity contribution is 0.0792. The summed E-state index contributed by atoms with van der Waals surface area (Å²) in [6.07, 6.45) is 6.39. The van der Waals surface area contributed by atoms with Gasteiger partial charge in [0, 0.05) is 24.3 Å². The van der Waals surface area contributed by atoms with Gasteiger partial charge in [-0.2, -0.15) is 0 Å². The molecule has 2 heterocycles. The topological polar surface area (TPSA) is 32.3 Å². The summed E-state index contributed by atoms with van der Waals surface area (Å²) in [7, 11) is 0. The van der Waals surface area contributed by atoms with Crippen LogP contribution in [0.1, 0.15) is 65.5 Å². The summed E-state index contributed by atoms with van der Waals surface area (Å²) in [6.45, 7) is 1.84. The molecular weight excluding hydrogens is 344 g/mol. The summed E-state index contributed by atoms with van der Waals surface area (Å²) in [6, 6.07) is 17.8. The molecule has 4 aliphatic rings. The van der Waals surface area contributed by atoms with Crippen LogP contribution in [0.3, 0.4) is 0 Å². The molecule has 2 aliphatic carbocycles. The van der Waals surface area contributed by atoms with Gasteiger partial charge in [0.15, 0.2) is 0 Å². The zero-order chi connectivity index (χ0) is 18.7. The molecule has 1 N–H and O–H groups in total. The third-order valence-corrected chi connectivity index (χ3v) is 7.89. The van der Waals surface area contributed by atoms with Crippen LogP contribution in [0.4, 0.5) is 5.69 Å². The van der Waals surface area contributed by atoms with Crippen molar-refractivity contribution in [3.8, 4) is 0 Å². The summed E-state index contributed by atoms with van der Waals surface area (Å²) in [5, 5.41) is 3.88. The third-order valence-electron chi connectivity index (χ3n) is 7.89. The molecule has 0 radical (unpaired) electrons. The maximum absolute atomic E-state index is 13.0. The summed E-state index contributed by atoms with van der Waals surface area (Å²) in [5.41, 5.74) is 4.96. The van der Waals surface area contributed by atoms with E-state index in [1.165, 1.54) is 36.1 Å². The van der Waals surface area contributed by atoms with E-state index in [4.69, 9.17) is 0 Å². The Labute approximate surface area is 167 Å². The largest absolute Gasteiger partial charge is 0.378 e. The highest BCUT2D eigenvalue weighted by molar-refractivity contribution is 5.95. The van der Waals surface area contributed by atoms with Gasteiger partial charge in [0.05, 0.1) is 6.04 Å². The van der Waals surface area contributed by atoms with Crippen molar-refractivity contribution in [2.24, 2.45) is 17.8 Å². The molecule has 2 aromatic rings. The Hall–Kier alpha value is -2.29. The Balaban J connectivity index is 1.41. The number of nitrogens with one attached hydrogen (secondary N) is 1. The van der Waals surface area contributed by atoms with Gasteiger partial charge in [-0.25, -0.2) is 0 Å². The minimum atomic E-state index is 0.227. The SMILES string of the molecule is O=C(c1ccc2c(c1)[C@@H]1[C@H]3CC[C@@H](C3)[C@@H]1[C@@H](c1ccccc1)N2)N1CCCC1. The van der Waals surface area contributed by atoms with Crippen molar-refractivity contribution in [1.29, 1.82) is 0 Å². The predicted molar refractivity (Wildman–Crippen MR) is 111 cm³/mol. The van der Waals surface area contributed by atoms with Gasteiger partial charge in [0.1, 0.15) is 0 Å². The fraction of sp³-hybridized carbons (Fsp3) is 0.480. The molecule has 2 bridgehead atoms. The zero-order valence-corrected chi connectivity index (χ0v) is 16.3. The molecule has 1 saturated heterocycles. The molecule has 6 rings (SSSR count). The summed E-state index contributed by atoms with van der Waals surface area (Å²) in [5.74, 6) is 3.10. The Morgan fingerprint density at radius 1 is 0.964 bits per heavy atom. The minimum Gasteiger partial charge on any atom is -0.378 e. The number of anilines is 1. The molecule has 0 aromatic heterocycles. The van der Waals surface area contributed by atoms with Gasteiger partial charge in [-0.1, -0.05) is 30.3 Å². The second kappa shape index (κ2) is 6.37. The standard InChI is InChI=1S/C25H28N2O/c28-25(27-12-4-5-13-27)19-10-11-21-20(15-19)22-17-8-9-18(14-17)23(22)24(26-21)16-6-2-1-3-7-16/h1-3,6-7,10-11,15,17-18,22-24,26H,4-5,8-9,12-14H2/t17-,18-,22-,23-,24+/m0/s1. The van der Waals surface area contributed by atoms with Crippen molar-refractivity contribution in [1.82, 2.24) is 4.90 Å². The van der Waals surface area contributed by atoms with E-state index >= 15 is 0 Å². The quantitative estimate of drug-likeness (QED) is 0.784. The molecule has 3 nitrogen and oxygen atoms in total. The molecule has 144 valence electrons. The lowest BCUT2D eigenvalue weighted by Gasteiger charge is -2.43. The number of carbonyl (C=O) groups is 1. The van der Waals surface area contributed by atoms with Crippen LogP contribution in [0.25, 0.3) is 0 Å². The van der Waals surface area contributed by atoms with Crippen molar-refractivity contribution < 1.29 is 4.79 Å². The number of rotatable bonds is 2. The van der Waals surface area contributed by atoms with Crippen LogP contribution in [0, 0.1) is 17.8 Å². The number of nitrogens with zero attached hydrogens (tertiary/aromatic N) is 1. The first kappa shape index (κ1) is 16.6. The molecule has 3 heteroatoms. The van der Waals surface area contributed by atoms with E-state index in [0.29, 0.717) is 17.9 Å². The fourth-order valence-electron chi connectivity index (χ4n) is 6.71. The molecule has 2 saturated carbocycles. The average molecular weight is 373 g/mol. The van der Waals surface area contributed by atoms with E-state index < -0.39 is 0 Å². The second-order valence-electron chi connectivity index (χ2n) is 9.27. The highest BCUT2D eigenvalue weighted by atomic mass is 16.2. The third kappa shape index (κ3) is 2.45. The summed E-state index contributed by atoms with van der Waals surface area (Å²) < 4.78 is 0. The Morgan fingerprint density at radius 2 is 1.75 bits per heavy atom. The number of carbonyl (C=O) groups excluding carboxylic acids is 1. The van der Waals surface area contributed by atoms with Crippen LogP contribution in [0.5, 0.6) is 0 Å². The number of amides is 1. The Kier molecular flexibility index (Phi) is 3.78. The van der Waals surface area contributed by atoms with Crippen LogP contribution in [-0.2, 0) is 0 Å². The van der Waals surface area contributed by atoms with Crippen molar-refractivity contribution >= 4 is 11.6 Å². The molecule has 28 heavy (non-hydrogen) atoms. The normalized spacial score (nSPS) is 32.7. The molecule has 0 unspecified atom stereocenters. The molecule has 0 spiro atoms. The van der Waals surface area contributed by atoms with Gasteiger partial charge in [0.25, 0.3) is 5.91 Å². The Bertz CT molecular complexity index is 902. The van der Waals surface area contributed by atoms with Gasteiger partial charge in [0.2, 0.25) is 0 Å². The second-order valence-corrected chi connectivity index (χ2v) is 9.27. The minimum absolute atomic E-state index is 0.227.